The summed E-state index contributed by atoms with van der Waals surface area (Å²) in [6.07, 6.45) is 9.02. The van der Waals surface area contributed by atoms with Crippen LogP contribution in [-0.4, -0.2) is 20.6 Å². The van der Waals surface area contributed by atoms with Crippen molar-refractivity contribution in [3.8, 4) is 50.6 Å². The average molecular weight is 717 g/mol. The number of hydrogen-bond donors (Lipinski definition) is 0. The van der Waals surface area contributed by atoms with E-state index in [2.05, 4.69) is 216 Å². The lowest BCUT2D eigenvalue weighted by molar-refractivity contribution is 0.738. The zero-order valence-electron chi connectivity index (χ0n) is 30.6. The van der Waals surface area contributed by atoms with Crippen LogP contribution >= 0.6 is 0 Å². The van der Waals surface area contributed by atoms with Gasteiger partial charge in [-0.2, -0.15) is 0 Å². The van der Waals surface area contributed by atoms with E-state index in [-0.39, 0.29) is 12.0 Å². The second-order valence-electron chi connectivity index (χ2n) is 14.6. The minimum atomic E-state index is 0.0745. The number of anilines is 2. The first-order valence-electron chi connectivity index (χ1n) is 19.2. The molecule has 9 aromatic rings. The number of rotatable bonds is 6. The van der Waals surface area contributed by atoms with Gasteiger partial charge in [-0.3, -0.25) is 4.57 Å². The van der Waals surface area contributed by atoms with Gasteiger partial charge < -0.3 is 4.90 Å². The van der Waals surface area contributed by atoms with Gasteiger partial charge in [0.15, 0.2) is 0 Å². The number of fused-ring (bicyclic) bond motifs is 7. The van der Waals surface area contributed by atoms with Crippen molar-refractivity contribution in [2.24, 2.45) is 0 Å². The van der Waals surface area contributed by atoms with Gasteiger partial charge >= 0.3 is 0 Å². The van der Waals surface area contributed by atoms with Crippen molar-refractivity contribution in [2.45, 2.75) is 12.0 Å². The number of allylic oxidation sites excluding steroid dienone is 2. The van der Waals surface area contributed by atoms with E-state index in [0.29, 0.717) is 0 Å². The highest BCUT2D eigenvalue weighted by Crippen LogP contribution is 2.52. The van der Waals surface area contributed by atoms with Crippen LogP contribution in [0.3, 0.4) is 0 Å². The zero-order valence-corrected chi connectivity index (χ0v) is 30.6. The molecule has 3 aromatic heterocycles. The van der Waals surface area contributed by atoms with Crippen molar-refractivity contribution in [3.63, 3.8) is 0 Å². The molecule has 1 aliphatic heterocycles. The minimum Gasteiger partial charge on any atom is -0.316 e. The van der Waals surface area contributed by atoms with Crippen LogP contribution in [0.15, 0.2) is 206 Å². The van der Waals surface area contributed by atoms with Gasteiger partial charge in [0, 0.05) is 27.8 Å². The van der Waals surface area contributed by atoms with Crippen LogP contribution in [0.5, 0.6) is 0 Å². The van der Waals surface area contributed by atoms with E-state index >= 15 is 0 Å². The molecule has 2 unspecified atom stereocenters. The summed E-state index contributed by atoms with van der Waals surface area (Å²) in [5.74, 6) is 1.98. The summed E-state index contributed by atoms with van der Waals surface area (Å²) < 4.78 is 2.37. The lowest BCUT2D eigenvalue weighted by Crippen LogP contribution is -2.29. The second kappa shape index (κ2) is 13.2. The van der Waals surface area contributed by atoms with Gasteiger partial charge in [-0.15, -0.1) is 0 Å². The van der Waals surface area contributed by atoms with E-state index in [1.165, 1.54) is 44.3 Å². The Morgan fingerprint density at radius 1 is 0.411 bits per heavy atom. The monoisotopic (exact) mass is 716 g/mol. The maximum Gasteiger partial charge on any atom is 0.138 e. The molecule has 0 bridgehead atoms. The molecule has 4 heteroatoms. The SMILES string of the molecule is C1=CC2c3ccc4c5ccccc5n(-c5cccc(-c6cccc(-c7ccccc7)c6)n5)c4c3N(c3cccc(-c4cccc(-c5ccccc5)c4)n3)C2C=C1. The molecule has 0 fully saturated rings. The van der Waals surface area contributed by atoms with Gasteiger partial charge in [0.2, 0.25) is 0 Å². The Balaban J connectivity index is 1.10. The molecule has 2 atom stereocenters. The molecule has 4 heterocycles. The first kappa shape index (κ1) is 32.2. The zero-order chi connectivity index (χ0) is 37.0. The highest BCUT2D eigenvalue weighted by Gasteiger charge is 2.40. The van der Waals surface area contributed by atoms with E-state index in [4.69, 9.17) is 9.97 Å². The normalized spacial score (nSPS) is 15.7. The van der Waals surface area contributed by atoms with Gasteiger partial charge in [-0.05, 0) is 70.3 Å². The summed E-state index contributed by atoms with van der Waals surface area (Å²) in [7, 11) is 0. The van der Waals surface area contributed by atoms with Crippen LogP contribution in [0, 0.1) is 0 Å². The molecule has 0 N–H and O–H groups in total. The largest absolute Gasteiger partial charge is 0.316 e. The van der Waals surface area contributed by atoms with Crippen molar-refractivity contribution in [2.75, 3.05) is 4.90 Å². The van der Waals surface area contributed by atoms with Crippen molar-refractivity contribution < 1.29 is 0 Å². The number of aromatic nitrogens is 3. The van der Waals surface area contributed by atoms with Crippen LogP contribution in [-0.2, 0) is 0 Å². The van der Waals surface area contributed by atoms with Crippen LogP contribution in [0.2, 0.25) is 0 Å². The fourth-order valence-corrected chi connectivity index (χ4v) is 8.77. The third-order valence-electron chi connectivity index (χ3n) is 11.3. The molecule has 264 valence electrons. The van der Waals surface area contributed by atoms with E-state index in [9.17, 15) is 0 Å². The summed E-state index contributed by atoms with van der Waals surface area (Å²) in [6, 6.07) is 64.7. The van der Waals surface area contributed by atoms with Crippen LogP contribution in [0.25, 0.3) is 72.4 Å². The quantitative estimate of drug-likeness (QED) is 0.172. The van der Waals surface area contributed by atoms with Gasteiger partial charge in [0.25, 0.3) is 0 Å². The highest BCUT2D eigenvalue weighted by atomic mass is 15.3. The maximum atomic E-state index is 5.44. The standard InChI is InChI=1S/C52H36N4/c1-3-15-35(16-4-1)37-19-11-21-39(33-37)45-25-13-29-49(53-45)55-47-27-9-7-23-41(47)43-31-32-44-42-24-8-10-28-48(42)56(52(44)51(43)55)50-30-14-26-46(54-50)40-22-12-20-38(34-40)36-17-5-2-6-18-36/h1-34,41,47H. The number of nitrogens with zero attached hydrogens (tertiary/aromatic N) is 4. The molecule has 11 rings (SSSR count). The Labute approximate surface area is 326 Å². The summed E-state index contributed by atoms with van der Waals surface area (Å²) >= 11 is 0. The molecular weight excluding hydrogens is 681 g/mol. The summed E-state index contributed by atoms with van der Waals surface area (Å²) in [5.41, 5.74) is 13.5. The smallest absolute Gasteiger partial charge is 0.138 e. The Bertz CT molecular complexity index is 2990. The summed E-state index contributed by atoms with van der Waals surface area (Å²) in [6.45, 7) is 0. The fraction of sp³-hybridized carbons (Fsp3) is 0.0385. The third kappa shape index (κ3) is 5.30. The van der Waals surface area contributed by atoms with Crippen molar-refractivity contribution in [1.82, 2.24) is 14.5 Å². The average Bonchev–Trinajstić information content (AvgIpc) is 3.80. The number of pyridine rings is 2. The lowest BCUT2D eigenvalue weighted by atomic mass is 9.91. The molecule has 0 saturated carbocycles. The van der Waals surface area contributed by atoms with Crippen molar-refractivity contribution in [1.29, 1.82) is 0 Å². The van der Waals surface area contributed by atoms with Gasteiger partial charge in [-0.1, -0.05) is 164 Å². The van der Waals surface area contributed by atoms with Crippen molar-refractivity contribution >= 4 is 33.3 Å². The molecular formula is C52H36N4. The summed E-state index contributed by atoms with van der Waals surface area (Å²) in [4.78, 5) is 13.3. The van der Waals surface area contributed by atoms with Gasteiger partial charge in [0.1, 0.15) is 11.6 Å². The second-order valence-corrected chi connectivity index (χ2v) is 14.6. The first-order valence-corrected chi connectivity index (χ1v) is 19.2. The van der Waals surface area contributed by atoms with Crippen LogP contribution in [0.4, 0.5) is 11.5 Å². The predicted octanol–water partition coefficient (Wildman–Crippen LogP) is 13.0. The van der Waals surface area contributed by atoms with Gasteiger partial charge in [-0.25, -0.2) is 9.97 Å². The van der Waals surface area contributed by atoms with Crippen LogP contribution in [0.1, 0.15) is 11.5 Å². The first-order chi connectivity index (χ1) is 27.8. The Morgan fingerprint density at radius 3 is 1.66 bits per heavy atom. The topological polar surface area (TPSA) is 34.0 Å². The minimum absolute atomic E-state index is 0.0745. The highest BCUT2D eigenvalue weighted by molar-refractivity contribution is 6.15. The molecule has 2 aliphatic rings. The summed E-state index contributed by atoms with van der Waals surface area (Å²) in [5, 5.41) is 2.39. The molecule has 4 nitrogen and oxygen atoms in total. The molecule has 0 radical (unpaired) electrons. The molecule has 6 aromatic carbocycles. The third-order valence-corrected chi connectivity index (χ3v) is 11.3. The maximum absolute atomic E-state index is 5.44. The fourth-order valence-electron chi connectivity index (χ4n) is 8.77. The van der Waals surface area contributed by atoms with E-state index in [1.807, 2.05) is 0 Å². The van der Waals surface area contributed by atoms with Crippen molar-refractivity contribution in [3.05, 3.63) is 212 Å². The number of benzene rings is 6. The Kier molecular flexibility index (Phi) is 7.59. The lowest BCUT2D eigenvalue weighted by Gasteiger charge is -2.28. The van der Waals surface area contributed by atoms with E-state index < -0.39 is 0 Å². The molecule has 0 spiro atoms. The van der Waals surface area contributed by atoms with Gasteiger partial charge in [0.05, 0.1) is 34.2 Å². The molecule has 0 amide bonds. The number of hydrogen-bond acceptors (Lipinski definition) is 3. The Morgan fingerprint density at radius 2 is 0.964 bits per heavy atom. The van der Waals surface area contributed by atoms with E-state index in [0.717, 1.165) is 45.2 Å². The molecule has 1 aliphatic carbocycles. The number of para-hydroxylation sites is 1. The molecule has 0 saturated heterocycles. The molecule has 56 heavy (non-hydrogen) atoms. The van der Waals surface area contributed by atoms with Crippen LogP contribution < -0.4 is 4.90 Å². The van der Waals surface area contributed by atoms with E-state index in [1.54, 1.807) is 0 Å². The predicted molar refractivity (Wildman–Crippen MR) is 232 cm³/mol. The Hall–Kier alpha value is -7.30.